The lowest BCUT2D eigenvalue weighted by Gasteiger charge is -2.12. The maximum Gasteiger partial charge on any atom is 0.317 e. The summed E-state index contributed by atoms with van der Waals surface area (Å²) < 4.78 is 0. The fraction of sp³-hybridized carbons (Fsp3) is 0.875. The van der Waals surface area contributed by atoms with Gasteiger partial charge in [-0.3, -0.25) is 4.79 Å². The molecule has 0 aliphatic heterocycles. The number of thioether (sulfide) groups is 1. The number of hydrogen-bond donors (Lipinski definition) is 2. The van der Waals surface area contributed by atoms with E-state index in [2.05, 4.69) is 13.8 Å². The van der Waals surface area contributed by atoms with Crippen LogP contribution in [0.15, 0.2) is 0 Å². The van der Waals surface area contributed by atoms with Crippen molar-refractivity contribution in [3.8, 4) is 0 Å². The molecule has 3 N–H and O–H groups in total. The van der Waals surface area contributed by atoms with Crippen molar-refractivity contribution in [3.05, 3.63) is 0 Å². The van der Waals surface area contributed by atoms with Gasteiger partial charge in [0.2, 0.25) is 0 Å². The lowest BCUT2D eigenvalue weighted by atomic mass is 10.2. The molecule has 2 unspecified atom stereocenters. The Labute approximate surface area is 77.7 Å². The highest BCUT2D eigenvalue weighted by Gasteiger charge is 2.16. The van der Waals surface area contributed by atoms with E-state index in [1.54, 1.807) is 0 Å². The molecular formula is C8H17NO2S. The van der Waals surface area contributed by atoms with Crippen LogP contribution < -0.4 is 5.73 Å². The van der Waals surface area contributed by atoms with Crippen molar-refractivity contribution in [2.45, 2.75) is 25.5 Å². The Bertz CT molecular complexity index is 141. The monoisotopic (exact) mass is 191 g/mol. The number of carboxylic acids is 1. The van der Waals surface area contributed by atoms with Gasteiger partial charge in [-0.25, -0.2) is 0 Å². The Morgan fingerprint density at radius 2 is 2.25 bits per heavy atom. The fourth-order valence-corrected chi connectivity index (χ4v) is 1.71. The van der Waals surface area contributed by atoms with E-state index in [9.17, 15) is 4.79 Å². The molecule has 0 aromatic rings. The third kappa shape index (κ3) is 4.62. The number of carbonyl (C=O) groups is 1. The van der Waals surface area contributed by atoms with Crippen molar-refractivity contribution in [3.63, 3.8) is 0 Å². The first kappa shape index (κ1) is 11.8. The predicted molar refractivity (Wildman–Crippen MR) is 52.4 cm³/mol. The lowest BCUT2D eigenvalue weighted by Crippen LogP contribution is -2.26. The minimum atomic E-state index is -0.800. The Hall–Kier alpha value is -0.220. The van der Waals surface area contributed by atoms with Crippen LogP contribution in [0.2, 0.25) is 0 Å². The SMILES string of the molecule is CCC(C)CSC(CN)C(=O)O. The van der Waals surface area contributed by atoms with Gasteiger partial charge in [0.05, 0.1) is 0 Å². The summed E-state index contributed by atoms with van der Waals surface area (Å²) in [6.45, 7) is 4.43. The normalized spacial score (nSPS) is 15.6. The molecule has 0 heterocycles. The van der Waals surface area contributed by atoms with E-state index in [0.29, 0.717) is 5.92 Å². The molecule has 2 atom stereocenters. The van der Waals surface area contributed by atoms with E-state index >= 15 is 0 Å². The van der Waals surface area contributed by atoms with Crippen molar-refractivity contribution < 1.29 is 9.90 Å². The van der Waals surface area contributed by atoms with Gasteiger partial charge in [-0.2, -0.15) is 0 Å². The average molecular weight is 191 g/mol. The minimum Gasteiger partial charge on any atom is -0.480 e. The Morgan fingerprint density at radius 3 is 2.58 bits per heavy atom. The second-order valence-electron chi connectivity index (χ2n) is 2.91. The average Bonchev–Trinajstić information content (AvgIpc) is 2.04. The van der Waals surface area contributed by atoms with Crippen LogP contribution in [0.5, 0.6) is 0 Å². The van der Waals surface area contributed by atoms with Crippen LogP contribution in [0.1, 0.15) is 20.3 Å². The zero-order chi connectivity index (χ0) is 9.56. The second-order valence-corrected chi connectivity index (χ2v) is 4.15. The summed E-state index contributed by atoms with van der Waals surface area (Å²) in [6.07, 6.45) is 1.09. The van der Waals surface area contributed by atoms with Gasteiger partial charge in [0.1, 0.15) is 5.25 Å². The second kappa shape index (κ2) is 6.31. The van der Waals surface area contributed by atoms with Crippen molar-refractivity contribution in [2.75, 3.05) is 12.3 Å². The number of rotatable bonds is 6. The summed E-state index contributed by atoms with van der Waals surface area (Å²) in [7, 11) is 0. The number of nitrogens with two attached hydrogens (primary N) is 1. The molecule has 0 aliphatic carbocycles. The van der Waals surface area contributed by atoms with E-state index in [4.69, 9.17) is 10.8 Å². The van der Waals surface area contributed by atoms with Gasteiger partial charge in [-0.05, 0) is 11.7 Å². The Morgan fingerprint density at radius 1 is 1.67 bits per heavy atom. The molecule has 0 aromatic heterocycles. The van der Waals surface area contributed by atoms with Gasteiger partial charge >= 0.3 is 5.97 Å². The third-order valence-electron chi connectivity index (χ3n) is 1.77. The van der Waals surface area contributed by atoms with Crippen LogP contribution in [0.3, 0.4) is 0 Å². The molecule has 0 saturated carbocycles. The topological polar surface area (TPSA) is 63.3 Å². The van der Waals surface area contributed by atoms with Gasteiger partial charge in [0, 0.05) is 6.54 Å². The summed E-state index contributed by atoms with van der Waals surface area (Å²) >= 11 is 1.44. The van der Waals surface area contributed by atoms with E-state index in [0.717, 1.165) is 12.2 Å². The van der Waals surface area contributed by atoms with Crippen molar-refractivity contribution in [1.29, 1.82) is 0 Å². The van der Waals surface area contributed by atoms with E-state index < -0.39 is 11.2 Å². The molecule has 0 aliphatic rings. The molecule has 12 heavy (non-hydrogen) atoms. The van der Waals surface area contributed by atoms with E-state index in [1.165, 1.54) is 11.8 Å². The van der Waals surface area contributed by atoms with Crippen LogP contribution in [0, 0.1) is 5.92 Å². The van der Waals surface area contributed by atoms with Gasteiger partial charge in [0.25, 0.3) is 0 Å². The molecule has 0 radical (unpaired) electrons. The Kier molecular flexibility index (Phi) is 6.20. The Balaban J connectivity index is 3.65. The molecule has 0 fully saturated rings. The largest absolute Gasteiger partial charge is 0.480 e. The fourth-order valence-electron chi connectivity index (χ4n) is 0.638. The predicted octanol–water partition coefficient (Wildman–Crippen LogP) is 1.18. The smallest absolute Gasteiger partial charge is 0.317 e. The molecular weight excluding hydrogens is 174 g/mol. The molecule has 3 nitrogen and oxygen atoms in total. The van der Waals surface area contributed by atoms with Crippen LogP contribution in [0.4, 0.5) is 0 Å². The zero-order valence-corrected chi connectivity index (χ0v) is 8.43. The third-order valence-corrected chi connectivity index (χ3v) is 3.33. The number of hydrogen-bond acceptors (Lipinski definition) is 3. The maximum absolute atomic E-state index is 10.5. The van der Waals surface area contributed by atoms with Crippen molar-refractivity contribution in [2.24, 2.45) is 11.7 Å². The van der Waals surface area contributed by atoms with E-state index in [-0.39, 0.29) is 6.54 Å². The summed E-state index contributed by atoms with van der Waals surface area (Å²) in [5, 5.41) is 8.23. The van der Waals surface area contributed by atoms with Crippen LogP contribution in [-0.2, 0) is 4.79 Å². The zero-order valence-electron chi connectivity index (χ0n) is 7.62. The summed E-state index contributed by atoms with van der Waals surface area (Å²) in [6, 6.07) is 0. The first-order valence-electron chi connectivity index (χ1n) is 4.16. The highest BCUT2D eigenvalue weighted by atomic mass is 32.2. The maximum atomic E-state index is 10.5. The molecule has 0 aromatic carbocycles. The molecule has 4 heteroatoms. The highest BCUT2D eigenvalue weighted by Crippen LogP contribution is 2.16. The van der Waals surface area contributed by atoms with Crippen molar-refractivity contribution >= 4 is 17.7 Å². The van der Waals surface area contributed by atoms with Gasteiger partial charge in [-0.1, -0.05) is 20.3 Å². The first-order valence-corrected chi connectivity index (χ1v) is 5.21. The van der Waals surface area contributed by atoms with Gasteiger partial charge in [-0.15, -0.1) is 11.8 Å². The highest BCUT2D eigenvalue weighted by molar-refractivity contribution is 8.00. The first-order chi connectivity index (χ1) is 5.61. The molecule has 0 bridgehead atoms. The van der Waals surface area contributed by atoms with E-state index in [1.807, 2.05) is 0 Å². The molecule has 0 amide bonds. The minimum absolute atomic E-state index is 0.219. The standard InChI is InChI=1S/C8H17NO2S/c1-3-6(2)5-12-7(4-9)8(10)11/h6-7H,3-5,9H2,1-2H3,(H,10,11). The molecule has 0 saturated heterocycles. The number of carboxylic acid groups (broad SMARTS) is 1. The quantitative estimate of drug-likeness (QED) is 0.661. The van der Waals surface area contributed by atoms with Gasteiger partial charge in [0.15, 0.2) is 0 Å². The van der Waals surface area contributed by atoms with Crippen LogP contribution in [-0.4, -0.2) is 28.6 Å². The van der Waals surface area contributed by atoms with Crippen molar-refractivity contribution in [1.82, 2.24) is 0 Å². The summed E-state index contributed by atoms with van der Waals surface area (Å²) in [5.74, 6) is 0.652. The summed E-state index contributed by atoms with van der Waals surface area (Å²) in [5.41, 5.74) is 5.30. The van der Waals surface area contributed by atoms with Gasteiger partial charge < -0.3 is 10.8 Å². The molecule has 0 spiro atoms. The molecule has 0 rings (SSSR count). The number of aliphatic carboxylic acids is 1. The van der Waals surface area contributed by atoms with Crippen LogP contribution in [0.25, 0.3) is 0 Å². The van der Waals surface area contributed by atoms with Crippen LogP contribution >= 0.6 is 11.8 Å². The molecule has 72 valence electrons. The lowest BCUT2D eigenvalue weighted by molar-refractivity contribution is -0.136. The summed E-state index contributed by atoms with van der Waals surface area (Å²) in [4.78, 5) is 10.5.